The van der Waals surface area contributed by atoms with Crippen molar-refractivity contribution in [3.05, 3.63) is 16.1 Å². The minimum atomic E-state index is -0.388. The maximum Gasteiger partial charge on any atom is 0.265 e. The van der Waals surface area contributed by atoms with Crippen molar-refractivity contribution in [3.8, 4) is 0 Å². The van der Waals surface area contributed by atoms with Gasteiger partial charge in [0.1, 0.15) is 9.88 Å². The van der Waals surface area contributed by atoms with E-state index >= 15 is 0 Å². The van der Waals surface area contributed by atoms with E-state index in [9.17, 15) is 4.79 Å². The maximum absolute atomic E-state index is 12.9. The summed E-state index contributed by atoms with van der Waals surface area (Å²) in [6.45, 7) is 6.63. The number of thiazole rings is 1. The quantitative estimate of drug-likeness (QED) is 0.840. The molecular formula is C16H22N2O3S. The van der Waals surface area contributed by atoms with Gasteiger partial charge in [-0.15, -0.1) is 11.3 Å². The molecule has 0 aromatic carbocycles. The van der Waals surface area contributed by atoms with Gasteiger partial charge in [0.05, 0.1) is 19.4 Å². The van der Waals surface area contributed by atoms with Crippen LogP contribution in [0.25, 0.3) is 0 Å². The van der Waals surface area contributed by atoms with Gasteiger partial charge in [0.15, 0.2) is 0 Å². The number of rotatable bonds is 2. The highest BCUT2D eigenvalue weighted by Crippen LogP contribution is 2.49. The number of hydrogen-bond acceptors (Lipinski definition) is 5. The molecule has 1 saturated carbocycles. The molecule has 120 valence electrons. The predicted octanol–water partition coefficient (Wildman–Crippen LogP) is 2.84. The summed E-state index contributed by atoms with van der Waals surface area (Å²) in [5.41, 5.74) is 0.224. The number of hydrogen-bond donors (Lipinski definition) is 0. The molecule has 0 unspecified atom stereocenters. The summed E-state index contributed by atoms with van der Waals surface area (Å²) in [5.74, 6) is 0.773. The highest BCUT2D eigenvalue weighted by molar-refractivity contribution is 7.13. The average Bonchev–Trinajstić information content (AvgIpc) is 3.25. The lowest BCUT2D eigenvalue weighted by molar-refractivity contribution is -0.0442. The van der Waals surface area contributed by atoms with Crippen molar-refractivity contribution >= 4 is 17.2 Å². The first-order valence-corrected chi connectivity index (χ1v) is 8.88. The van der Waals surface area contributed by atoms with Crippen molar-refractivity contribution in [1.29, 1.82) is 0 Å². The maximum atomic E-state index is 12.9. The van der Waals surface area contributed by atoms with Crippen LogP contribution in [0.2, 0.25) is 0 Å². The van der Waals surface area contributed by atoms with Crippen molar-refractivity contribution in [2.24, 2.45) is 11.3 Å². The van der Waals surface area contributed by atoms with Crippen molar-refractivity contribution in [3.63, 3.8) is 0 Å². The molecule has 0 bridgehead atoms. The third-order valence-corrected chi connectivity index (χ3v) is 6.29. The molecule has 0 spiro atoms. The van der Waals surface area contributed by atoms with Gasteiger partial charge in [-0.2, -0.15) is 0 Å². The largest absolute Gasteiger partial charge is 0.344 e. The molecule has 2 aliphatic heterocycles. The Balaban J connectivity index is 1.54. The number of amides is 1. The van der Waals surface area contributed by atoms with Crippen LogP contribution in [-0.4, -0.2) is 41.6 Å². The average molecular weight is 322 g/mol. The van der Waals surface area contributed by atoms with Crippen LogP contribution in [0.15, 0.2) is 6.20 Å². The van der Waals surface area contributed by atoms with Crippen LogP contribution in [0.5, 0.6) is 0 Å². The number of carbonyl (C=O) groups excluding carboxylic acids is 1. The fourth-order valence-corrected chi connectivity index (χ4v) is 5.13. The van der Waals surface area contributed by atoms with Gasteiger partial charge in [0.2, 0.25) is 6.29 Å². The van der Waals surface area contributed by atoms with Crippen LogP contribution >= 0.6 is 11.3 Å². The molecule has 1 aromatic heterocycles. The Morgan fingerprint density at radius 1 is 1.36 bits per heavy atom. The number of carbonyl (C=O) groups is 1. The van der Waals surface area contributed by atoms with E-state index in [1.807, 2.05) is 0 Å². The molecule has 3 heterocycles. The van der Waals surface area contributed by atoms with Crippen LogP contribution in [0.4, 0.5) is 0 Å². The smallest absolute Gasteiger partial charge is 0.265 e. The van der Waals surface area contributed by atoms with E-state index in [1.165, 1.54) is 24.2 Å². The van der Waals surface area contributed by atoms with Gasteiger partial charge in [0, 0.05) is 12.6 Å². The first-order chi connectivity index (χ1) is 10.6. The van der Waals surface area contributed by atoms with Gasteiger partial charge < -0.3 is 14.4 Å². The van der Waals surface area contributed by atoms with Crippen molar-refractivity contribution < 1.29 is 14.3 Å². The molecule has 3 aliphatic rings. The van der Waals surface area contributed by atoms with E-state index in [0.29, 0.717) is 30.1 Å². The first-order valence-electron chi connectivity index (χ1n) is 8.06. The Morgan fingerprint density at radius 3 is 2.91 bits per heavy atom. The Kier molecular flexibility index (Phi) is 3.51. The summed E-state index contributed by atoms with van der Waals surface area (Å²) in [6, 6.07) is 0.409. The van der Waals surface area contributed by atoms with Crippen LogP contribution < -0.4 is 0 Å². The molecular weight excluding hydrogens is 300 g/mol. The van der Waals surface area contributed by atoms with E-state index in [1.54, 1.807) is 6.20 Å². The predicted molar refractivity (Wildman–Crippen MR) is 82.7 cm³/mol. The summed E-state index contributed by atoms with van der Waals surface area (Å²) in [5, 5.41) is 0.752. The lowest BCUT2D eigenvalue weighted by atomic mass is 9.80. The zero-order chi connectivity index (χ0) is 15.3. The third kappa shape index (κ3) is 2.28. The lowest BCUT2D eigenvalue weighted by Gasteiger charge is -2.23. The van der Waals surface area contributed by atoms with E-state index < -0.39 is 0 Å². The zero-order valence-electron chi connectivity index (χ0n) is 13.1. The molecule has 0 radical (unpaired) electrons. The SMILES string of the molecule is CC1(C)CN(C(=O)c2cnc(C3OCCO3)s2)[C@H]2CCC[C@H]21. The minimum absolute atomic E-state index is 0.129. The summed E-state index contributed by atoms with van der Waals surface area (Å²) < 4.78 is 10.9. The normalized spacial score (nSPS) is 30.9. The summed E-state index contributed by atoms with van der Waals surface area (Å²) >= 11 is 1.41. The standard InChI is InChI=1S/C16H22N2O3S/c1-16(2)9-18(11-5-3-4-10(11)16)14(19)12-8-17-13(22-12)15-20-6-7-21-15/h8,10-11,15H,3-7,9H2,1-2H3/t10-,11+/m1/s1. The molecule has 1 aliphatic carbocycles. The minimum Gasteiger partial charge on any atom is -0.344 e. The highest BCUT2D eigenvalue weighted by atomic mass is 32.1. The molecule has 1 amide bonds. The van der Waals surface area contributed by atoms with Gasteiger partial charge in [-0.05, 0) is 24.2 Å². The van der Waals surface area contributed by atoms with Crippen molar-refractivity contribution in [2.75, 3.05) is 19.8 Å². The number of likely N-dealkylation sites (tertiary alicyclic amines) is 1. The molecule has 0 N–H and O–H groups in total. The van der Waals surface area contributed by atoms with Crippen LogP contribution in [0.3, 0.4) is 0 Å². The number of fused-ring (bicyclic) bond motifs is 1. The Labute approximate surface area is 134 Å². The topological polar surface area (TPSA) is 51.7 Å². The first kappa shape index (κ1) is 14.6. The molecule has 5 nitrogen and oxygen atoms in total. The summed E-state index contributed by atoms with van der Waals surface area (Å²) in [7, 11) is 0. The number of ether oxygens (including phenoxy) is 2. The molecule has 22 heavy (non-hydrogen) atoms. The Hall–Kier alpha value is -0.980. The monoisotopic (exact) mass is 322 g/mol. The van der Waals surface area contributed by atoms with E-state index in [2.05, 4.69) is 23.7 Å². The van der Waals surface area contributed by atoms with Gasteiger partial charge in [-0.25, -0.2) is 4.98 Å². The van der Waals surface area contributed by atoms with Gasteiger partial charge in [0.25, 0.3) is 5.91 Å². The van der Waals surface area contributed by atoms with Gasteiger partial charge in [-0.3, -0.25) is 4.79 Å². The summed E-state index contributed by atoms with van der Waals surface area (Å²) in [4.78, 5) is 20.0. The Bertz CT molecular complexity index is 580. The molecule has 1 aromatic rings. The number of nitrogens with zero attached hydrogens (tertiary/aromatic N) is 2. The van der Waals surface area contributed by atoms with Crippen LogP contribution in [0, 0.1) is 11.3 Å². The van der Waals surface area contributed by atoms with Gasteiger partial charge in [-0.1, -0.05) is 20.3 Å². The number of aromatic nitrogens is 1. The highest BCUT2D eigenvalue weighted by Gasteiger charge is 2.50. The van der Waals surface area contributed by atoms with Crippen LogP contribution in [-0.2, 0) is 9.47 Å². The van der Waals surface area contributed by atoms with E-state index in [0.717, 1.165) is 18.0 Å². The fourth-order valence-electron chi connectivity index (χ4n) is 4.26. The molecule has 2 atom stereocenters. The second-order valence-corrected chi connectivity index (χ2v) is 8.22. The van der Waals surface area contributed by atoms with Crippen LogP contribution in [0.1, 0.15) is 54.1 Å². The second-order valence-electron chi connectivity index (χ2n) is 7.16. The van der Waals surface area contributed by atoms with E-state index in [4.69, 9.17) is 9.47 Å². The molecule has 6 heteroatoms. The zero-order valence-corrected chi connectivity index (χ0v) is 13.9. The lowest BCUT2D eigenvalue weighted by Crippen LogP contribution is -2.35. The van der Waals surface area contributed by atoms with Crippen molar-refractivity contribution in [2.45, 2.75) is 45.4 Å². The molecule has 2 saturated heterocycles. The third-order valence-electron chi connectivity index (χ3n) is 5.28. The Morgan fingerprint density at radius 2 is 2.14 bits per heavy atom. The molecule has 4 rings (SSSR count). The van der Waals surface area contributed by atoms with Crippen molar-refractivity contribution in [1.82, 2.24) is 9.88 Å². The second kappa shape index (κ2) is 5.28. The van der Waals surface area contributed by atoms with E-state index in [-0.39, 0.29) is 17.6 Å². The summed E-state index contributed by atoms with van der Waals surface area (Å²) in [6.07, 6.45) is 4.92. The fraction of sp³-hybridized carbons (Fsp3) is 0.750. The molecule has 3 fully saturated rings. The van der Waals surface area contributed by atoms with Gasteiger partial charge >= 0.3 is 0 Å².